The SMILES string of the molecule is CC(C)(C)C(=O)N1CCN(CC(=O)N2c3ccccc3NC(=O)C2(C)C)CC1. The van der Waals surface area contributed by atoms with Crippen molar-refractivity contribution in [2.24, 2.45) is 5.41 Å². The van der Waals surface area contributed by atoms with E-state index >= 15 is 0 Å². The molecule has 7 nitrogen and oxygen atoms in total. The molecule has 2 aliphatic rings. The van der Waals surface area contributed by atoms with Gasteiger partial charge < -0.3 is 10.2 Å². The number of hydrogen-bond donors (Lipinski definition) is 1. The lowest BCUT2D eigenvalue weighted by Gasteiger charge is -2.43. The van der Waals surface area contributed by atoms with Crippen LogP contribution in [0.5, 0.6) is 0 Å². The molecular weight excluding hydrogens is 356 g/mol. The molecule has 0 aromatic heterocycles. The van der Waals surface area contributed by atoms with Crippen LogP contribution in [-0.4, -0.2) is 65.8 Å². The molecule has 1 N–H and O–H groups in total. The Kier molecular flexibility index (Phi) is 5.23. The Morgan fingerprint density at radius 3 is 2.29 bits per heavy atom. The Bertz CT molecular complexity index is 789. The Morgan fingerprint density at radius 1 is 1.07 bits per heavy atom. The Hall–Kier alpha value is -2.41. The van der Waals surface area contributed by atoms with Crippen LogP contribution in [0.4, 0.5) is 11.4 Å². The number of piperazine rings is 1. The Labute approximate surface area is 166 Å². The lowest BCUT2D eigenvalue weighted by atomic mass is 9.94. The highest BCUT2D eigenvalue weighted by Crippen LogP contribution is 2.36. The van der Waals surface area contributed by atoms with Gasteiger partial charge in [-0.2, -0.15) is 0 Å². The van der Waals surface area contributed by atoms with E-state index in [1.807, 2.05) is 43.9 Å². The number of rotatable bonds is 2. The van der Waals surface area contributed by atoms with E-state index in [9.17, 15) is 14.4 Å². The molecule has 0 spiro atoms. The number of fused-ring (bicyclic) bond motifs is 1. The average Bonchev–Trinajstić information content (AvgIpc) is 2.61. The van der Waals surface area contributed by atoms with Crippen molar-refractivity contribution >= 4 is 29.1 Å². The number of amides is 3. The van der Waals surface area contributed by atoms with Crippen molar-refractivity contribution in [3.8, 4) is 0 Å². The summed E-state index contributed by atoms with van der Waals surface area (Å²) >= 11 is 0. The van der Waals surface area contributed by atoms with Crippen LogP contribution in [0.15, 0.2) is 24.3 Å². The molecule has 1 saturated heterocycles. The summed E-state index contributed by atoms with van der Waals surface area (Å²) in [5.41, 5.74) is 0.0157. The van der Waals surface area contributed by atoms with E-state index in [2.05, 4.69) is 10.2 Å². The second kappa shape index (κ2) is 7.20. The maximum atomic E-state index is 13.2. The van der Waals surface area contributed by atoms with Crippen molar-refractivity contribution in [2.45, 2.75) is 40.2 Å². The van der Waals surface area contributed by atoms with E-state index in [0.29, 0.717) is 31.9 Å². The van der Waals surface area contributed by atoms with Gasteiger partial charge in [-0.3, -0.25) is 24.2 Å². The molecule has 1 aromatic rings. The van der Waals surface area contributed by atoms with Crippen LogP contribution in [0.1, 0.15) is 34.6 Å². The van der Waals surface area contributed by atoms with Gasteiger partial charge in [0.2, 0.25) is 17.7 Å². The van der Waals surface area contributed by atoms with E-state index in [1.54, 1.807) is 24.8 Å². The van der Waals surface area contributed by atoms with E-state index in [0.717, 1.165) is 5.69 Å². The quantitative estimate of drug-likeness (QED) is 0.843. The fourth-order valence-electron chi connectivity index (χ4n) is 3.74. The number of para-hydroxylation sites is 2. The molecule has 3 rings (SSSR count). The van der Waals surface area contributed by atoms with Gasteiger partial charge in [-0.15, -0.1) is 0 Å². The van der Waals surface area contributed by atoms with Gasteiger partial charge >= 0.3 is 0 Å². The highest BCUT2D eigenvalue weighted by Gasteiger charge is 2.43. The molecule has 7 heteroatoms. The largest absolute Gasteiger partial charge is 0.340 e. The first kappa shape index (κ1) is 20.3. The summed E-state index contributed by atoms with van der Waals surface area (Å²) in [7, 11) is 0. The third kappa shape index (κ3) is 3.76. The van der Waals surface area contributed by atoms with Gasteiger partial charge in [-0.05, 0) is 26.0 Å². The van der Waals surface area contributed by atoms with Crippen LogP contribution in [0.25, 0.3) is 0 Å². The molecule has 1 aromatic carbocycles. The third-order valence-electron chi connectivity index (χ3n) is 5.42. The van der Waals surface area contributed by atoms with Crippen molar-refractivity contribution < 1.29 is 14.4 Å². The number of anilines is 2. The van der Waals surface area contributed by atoms with Crippen LogP contribution >= 0.6 is 0 Å². The minimum atomic E-state index is -0.963. The zero-order valence-electron chi connectivity index (χ0n) is 17.4. The number of benzene rings is 1. The summed E-state index contributed by atoms with van der Waals surface area (Å²) in [6.45, 7) is 12.0. The summed E-state index contributed by atoms with van der Waals surface area (Å²) in [6.07, 6.45) is 0. The van der Waals surface area contributed by atoms with Gasteiger partial charge in [0.05, 0.1) is 17.9 Å². The number of nitrogens with zero attached hydrogens (tertiary/aromatic N) is 3. The summed E-state index contributed by atoms with van der Waals surface area (Å²) in [6, 6.07) is 7.36. The van der Waals surface area contributed by atoms with Gasteiger partial charge in [0, 0.05) is 31.6 Å². The summed E-state index contributed by atoms with van der Waals surface area (Å²) < 4.78 is 0. The van der Waals surface area contributed by atoms with Crippen LogP contribution in [0, 0.1) is 5.41 Å². The first-order valence-corrected chi connectivity index (χ1v) is 9.77. The van der Waals surface area contributed by atoms with Gasteiger partial charge in [-0.25, -0.2) is 0 Å². The van der Waals surface area contributed by atoms with E-state index < -0.39 is 11.0 Å². The van der Waals surface area contributed by atoms with Gasteiger partial charge in [0.15, 0.2) is 0 Å². The first-order valence-electron chi connectivity index (χ1n) is 9.77. The standard InChI is InChI=1S/C21H30N4O3/c1-20(2,3)19(28)24-12-10-23(11-13-24)14-17(26)25-16-9-7-6-8-15(16)22-18(27)21(25,4)5/h6-9H,10-14H2,1-5H3,(H,22,27). The van der Waals surface area contributed by atoms with Gasteiger partial charge in [-0.1, -0.05) is 32.9 Å². The number of nitrogens with one attached hydrogen (secondary N) is 1. The lowest BCUT2D eigenvalue weighted by Crippen LogP contribution is -2.61. The first-order chi connectivity index (χ1) is 13.0. The molecule has 2 aliphatic heterocycles. The second-order valence-corrected chi connectivity index (χ2v) is 9.08. The van der Waals surface area contributed by atoms with Crippen molar-refractivity contribution in [2.75, 3.05) is 42.9 Å². The normalized spacial score (nSPS) is 19.8. The van der Waals surface area contributed by atoms with Crippen molar-refractivity contribution in [3.05, 3.63) is 24.3 Å². The smallest absolute Gasteiger partial charge is 0.250 e. The fourth-order valence-corrected chi connectivity index (χ4v) is 3.74. The maximum Gasteiger partial charge on any atom is 0.250 e. The Balaban J connectivity index is 1.70. The van der Waals surface area contributed by atoms with Crippen LogP contribution in [0.2, 0.25) is 0 Å². The van der Waals surface area contributed by atoms with Crippen LogP contribution in [-0.2, 0) is 14.4 Å². The monoisotopic (exact) mass is 386 g/mol. The van der Waals surface area contributed by atoms with Crippen molar-refractivity contribution in [1.82, 2.24) is 9.80 Å². The Morgan fingerprint density at radius 2 is 1.68 bits per heavy atom. The molecule has 28 heavy (non-hydrogen) atoms. The fraction of sp³-hybridized carbons (Fsp3) is 0.571. The second-order valence-electron chi connectivity index (χ2n) is 9.08. The highest BCUT2D eigenvalue weighted by molar-refractivity contribution is 6.14. The number of carbonyl (C=O) groups excluding carboxylic acids is 3. The van der Waals surface area contributed by atoms with E-state index in [1.165, 1.54) is 0 Å². The summed E-state index contributed by atoms with van der Waals surface area (Å²) in [5, 5.41) is 2.88. The molecule has 152 valence electrons. The zero-order chi connectivity index (χ0) is 20.7. The highest BCUT2D eigenvalue weighted by atomic mass is 16.2. The van der Waals surface area contributed by atoms with E-state index in [-0.39, 0.29) is 24.3 Å². The minimum Gasteiger partial charge on any atom is -0.340 e. The molecule has 0 saturated carbocycles. The van der Waals surface area contributed by atoms with Crippen LogP contribution in [0.3, 0.4) is 0 Å². The molecule has 1 fully saturated rings. The van der Waals surface area contributed by atoms with Crippen LogP contribution < -0.4 is 10.2 Å². The topological polar surface area (TPSA) is 73.0 Å². The van der Waals surface area contributed by atoms with Gasteiger partial charge in [0.25, 0.3) is 0 Å². The predicted octanol–water partition coefficient (Wildman–Crippen LogP) is 1.94. The average molecular weight is 386 g/mol. The van der Waals surface area contributed by atoms with Gasteiger partial charge in [0.1, 0.15) is 5.54 Å². The third-order valence-corrected chi connectivity index (χ3v) is 5.42. The minimum absolute atomic E-state index is 0.108. The molecule has 2 heterocycles. The lowest BCUT2D eigenvalue weighted by molar-refractivity contribution is -0.141. The number of carbonyl (C=O) groups is 3. The molecule has 0 atom stereocenters. The molecular formula is C21H30N4O3. The molecule has 3 amide bonds. The van der Waals surface area contributed by atoms with E-state index in [4.69, 9.17) is 0 Å². The maximum absolute atomic E-state index is 13.2. The summed E-state index contributed by atoms with van der Waals surface area (Å²) in [4.78, 5) is 43.7. The molecule has 0 radical (unpaired) electrons. The molecule has 0 bridgehead atoms. The summed E-state index contributed by atoms with van der Waals surface area (Å²) in [5.74, 6) is -0.163. The predicted molar refractivity (Wildman–Crippen MR) is 109 cm³/mol. The van der Waals surface area contributed by atoms with Crippen molar-refractivity contribution in [1.29, 1.82) is 0 Å². The molecule has 0 unspecified atom stereocenters. The zero-order valence-corrected chi connectivity index (χ0v) is 17.4. The number of hydrogen-bond acceptors (Lipinski definition) is 4. The molecule has 0 aliphatic carbocycles. The van der Waals surface area contributed by atoms with Crippen molar-refractivity contribution in [3.63, 3.8) is 0 Å².